The number of likely N-dealkylation sites (tertiary alicyclic amines) is 1. The fourth-order valence-corrected chi connectivity index (χ4v) is 4.31. The first-order valence-corrected chi connectivity index (χ1v) is 11.5. The van der Waals surface area contributed by atoms with Crippen LogP contribution in [-0.2, 0) is 9.53 Å². The Kier molecular flexibility index (Phi) is 7.12. The molecule has 1 fully saturated rings. The zero-order valence-corrected chi connectivity index (χ0v) is 19.1. The van der Waals surface area contributed by atoms with Crippen molar-refractivity contribution >= 4 is 40.1 Å². The number of aromatic nitrogens is 2. The lowest BCUT2D eigenvalue weighted by Crippen LogP contribution is -2.45. The summed E-state index contributed by atoms with van der Waals surface area (Å²) in [5.41, 5.74) is 1.57. The van der Waals surface area contributed by atoms with Gasteiger partial charge in [-0.25, -0.2) is 14.0 Å². The Morgan fingerprint density at radius 1 is 1.09 bits per heavy atom. The quantitative estimate of drug-likeness (QED) is 0.509. The third-order valence-corrected chi connectivity index (χ3v) is 6.10. The lowest BCUT2D eigenvalue weighted by atomic mass is 10.2. The van der Waals surface area contributed by atoms with Gasteiger partial charge in [0.25, 0.3) is 0 Å². The van der Waals surface area contributed by atoms with E-state index in [1.54, 1.807) is 43.3 Å². The Balaban J connectivity index is 1.37. The van der Waals surface area contributed by atoms with Crippen LogP contribution in [0.15, 0.2) is 48.5 Å². The zero-order valence-electron chi connectivity index (χ0n) is 18.3. The molecule has 34 heavy (non-hydrogen) atoms. The fourth-order valence-electron chi connectivity index (χ4n) is 3.55. The molecule has 1 atom stereocenters. The highest BCUT2D eigenvalue weighted by Gasteiger charge is 2.34. The van der Waals surface area contributed by atoms with Crippen molar-refractivity contribution in [2.45, 2.75) is 25.8 Å². The third kappa shape index (κ3) is 5.37. The predicted octanol–water partition coefficient (Wildman–Crippen LogP) is 4.16. The summed E-state index contributed by atoms with van der Waals surface area (Å²) >= 11 is 1.16. The highest BCUT2D eigenvalue weighted by atomic mass is 32.1. The average Bonchev–Trinajstić information content (AvgIpc) is 3.50. The SMILES string of the molecule is CCOC(=O)c1ccc(NC(=O)N2CCCC2C(=O)Nc2nnc(-c3ccc(F)cc3)s2)cc1. The number of esters is 1. The van der Waals surface area contributed by atoms with Crippen molar-refractivity contribution in [2.75, 3.05) is 23.8 Å². The van der Waals surface area contributed by atoms with Crippen LogP contribution >= 0.6 is 11.3 Å². The number of nitrogens with zero attached hydrogens (tertiary/aromatic N) is 3. The third-order valence-electron chi connectivity index (χ3n) is 5.21. The second-order valence-electron chi connectivity index (χ2n) is 7.49. The Labute approximate surface area is 198 Å². The minimum absolute atomic E-state index is 0.278. The van der Waals surface area contributed by atoms with E-state index in [4.69, 9.17) is 4.74 Å². The molecule has 2 N–H and O–H groups in total. The number of anilines is 2. The number of rotatable bonds is 6. The van der Waals surface area contributed by atoms with Gasteiger partial charge in [-0.15, -0.1) is 10.2 Å². The van der Waals surface area contributed by atoms with E-state index in [1.165, 1.54) is 17.0 Å². The summed E-state index contributed by atoms with van der Waals surface area (Å²) in [4.78, 5) is 38.9. The van der Waals surface area contributed by atoms with Crippen LogP contribution in [-0.4, -0.2) is 52.2 Å². The topological polar surface area (TPSA) is 114 Å². The largest absolute Gasteiger partial charge is 0.462 e. The van der Waals surface area contributed by atoms with Gasteiger partial charge in [0.2, 0.25) is 11.0 Å². The van der Waals surface area contributed by atoms with E-state index in [9.17, 15) is 18.8 Å². The van der Waals surface area contributed by atoms with Crippen molar-refractivity contribution in [2.24, 2.45) is 0 Å². The van der Waals surface area contributed by atoms with Crippen LogP contribution in [0.4, 0.5) is 20.0 Å². The molecule has 1 saturated heterocycles. The lowest BCUT2D eigenvalue weighted by Gasteiger charge is -2.23. The van der Waals surface area contributed by atoms with E-state index in [1.807, 2.05) is 0 Å². The van der Waals surface area contributed by atoms with Crippen molar-refractivity contribution < 1.29 is 23.5 Å². The number of ether oxygens (including phenoxy) is 1. The lowest BCUT2D eigenvalue weighted by molar-refractivity contribution is -0.119. The number of halogens is 1. The summed E-state index contributed by atoms with van der Waals surface area (Å²) in [7, 11) is 0. The molecule has 3 aromatic rings. The van der Waals surface area contributed by atoms with Crippen molar-refractivity contribution in [3.63, 3.8) is 0 Å². The van der Waals surface area contributed by atoms with Gasteiger partial charge in [-0.3, -0.25) is 10.1 Å². The van der Waals surface area contributed by atoms with Gasteiger partial charge in [-0.1, -0.05) is 11.3 Å². The molecule has 0 saturated carbocycles. The Bertz CT molecular complexity index is 1180. The molecule has 0 bridgehead atoms. The minimum Gasteiger partial charge on any atom is -0.462 e. The number of amides is 3. The van der Waals surface area contributed by atoms with E-state index >= 15 is 0 Å². The van der Waals surface area contributed by atoms with Crippen LogP contribution in [0.5, 0.6) is 0 Å². The average molecular weight is 484 g/mol. The van der Waals surface area contributed by atoms with Gasteiger partial charge in [0, 0.05) is 17.8 Å². The van der Waals surface area contributed by atoms with E-state index in [0.717, 1.165) is 11.3 Å². The van der Waals surface area contributed by atoms with Gasteiger partial charge < -0.3 is 15.0 Å². The smallest absolute Gasteiger partial charge is 0.338 e. The standard InChI is InChI=1S/C23H22FN5O4S/c1-2-33-21(31)15-7-11-17(12-8-15)25-23(32)29-13-3-4-18(29)19(30)26-22-28-27-20(34-22)14-5-9-16(24)10-6-14/h5-12,18H,2-4,13H2,1H3,(H,25,32)(H,26,28,30). The maximum absolute atomic E-state index is 13.1. The van der Waals surface area contributed by atoms with Crippen LogP contribution in [0, 0.1) is 5.82 Å². The molecule has 1 aromatic heterocycles. The van der Waals surface area contributed by atoms with Crippen LogP contribution in [0.25, 0.3) is 10.6 Å². The number of hydrogen-bond acceptors (Lipinski definition) is 7. The molecule has 1 aliphatic rings. The molecule has 4 rings (SSSR count). The molecule has 11 heteroatoms. The second kappa shape index (κ2) is 10.4. The van der Waals surface area contributed by atoms with Gasteiger partial charge in [0.1, 0.15) is 16.9 Å². The molecule has 9 nitrogen and oxygen atoms in total. The van der Waals surface area contributed by atoms with Crippen molar-refractivity contribution in [1.82, 2.24) is 15.1 Å². The maximum Gasteiger partial charge on any atom is 0.338 e. The summed E-state index contributed by atoms with van der Waals surface area (Å²) in [6, 6.07) is 11.1. The first-order valence-electron chi connectivity index (χ1n) is 10.7. The number of carbonyl (C=O) groups excluding carboxylic acids is 3. The van der Waals surface area contributed by atoms with E-state index in [2.05, 4.69) is 20.8 Å². The summed E-state index contributed by atoms with van der Waals surface area (Å²) in [6.07, 6.45) is 1.20. The van der Waals surface area contributed by atoms with Crippen LogP contribution in [0.2, 0.25) is 0 Å². The highest BCUT2D eigenvalue weighted by Crippen LogP contribution is 2.27. The Hall–Kier alpha value is -3.86. The van der Waals surface area contributed by atoms with E-state index in [0.29, 0.717) is 46.3 Å². The maximum atomic E-state index is 13.1. The molecule has 0 radical (unpaired) electrons. The summed E-state index contributed by atoms with van der Waals surface area (Å²) in [5.74, 6) is -1.14. The summed E-state index contributed by atoms with van der Waals surface area (Å²) in [5, 5.41) is 14.4. The van der Waals surface area contributed by atoms with Gasteiger partial charge in [-0.2, -0.15) is 0 Å². The molecule has 0 aliphatic carbocycles. The van der Waals surface area contributed by atoms with Gasteiger partial charge in [-0.05, 0) is 68.3 Å². The second-order valence-corrected chi connectivity index (χ2v) is 8.47. The molecule has 3 amide bonds. The number of benzene rings is 2. The van der Waals surface area contributed by atoms with Crippen LogP contribution < -0.4 is 10.6 Å². The number of nitrogens with one attached hydrogen (secondary N) is 2. The Morgan fingerprint density at radius 2 is 1.82 bits per heavy atom. The molecule has 1 aliphatic heterocycles. The molecule has 2 aromatic carbocycles. The minimum atomic E-state index is -0.656. The molecule has 0 spiro atoms. The summed E-state index contributed by atoms with van der Waals surface area (Å²) in [6.45, 7) is 2.44. The van der Waals surface area contributed by atoms with Gasteiger partial charge in [0.05, 0.1) is 12.2 Å². The molecule has 2 heterocycles. The molecular weight excluding hydrogens is 461 g/mol. The van der Waals surface area contributed by atoms with Gasteiger partial charge in [0.15, 0.2) is 0 Å². The van der Waals surface area contributed by atoms with Crippen molar-refractivity contribution in [3.05, 3.63) is 59.9 Å². The van der Waals surface area contributed by atoms with E-state index in [-0.39, 0.29) is 18.3 Å². The number of urea groups is 1. The fraction of sp³-hybridized carbons (Fsp3) is 0.261. The number of hydrogen-bond donors (Lipinski definition) is 2. The van der Waals surface area contributed by atoms with E-state index < -0.39 is 18.0 Å². The first kappa shape index (κ1) is 23.3. The van der Waals surface area contributed by atoms with Gasteiger partial charge >= 0.3 is 12.0 Å². The van der Waals surface area contributed by atoms with Crippen molar-refractivity contribution in [1.29, 1.82) is 0 Å². The normalized spacial score (nSPS) is 15.1. The van der Waals surface area contributed by atoms with Crippen LogP contribution in [0.1, 0.15) is 30.1 Å². The first-order chi connectivity index (χ1) is 16.4. The Morgan fingerprint density at radius 3 is 2.53 bits per heavy atom. The van der Waals surface area contributed by atoms with Crippen molar-refractivity contribution in [3.8, 4) is 10.6 Å². The highest BCUT2D eigenvalue weighted by molar-refractivity contribution is 7.18. The molecule has 1 unspecified atom stereocenters. The predicted molar refractivity (Wildman–Crippen MR) is 125 cm³/mol. The molecular formula is C23H22FN5O4S. The van der Waals surface area contributed by atoms with Crippen LogP contribution in [0.3, 0.4) is 0 Å². The number of carbonyl (C=O) groups is 3. The monoisotopic (exact) mass is 483 g/mol. The molecule has 176 valence electrons. The summed E-state index contributed by atoms with van der Waals surface area (Å²) < 4.78 is 18.1. The zero-order chi connectivity index (χ0) is 24.1.